The van der Waals surface area contributed by atoms with Crippen LogP contribution in [0.2, 0.25) is 0 Å². The highest BCUT2D eigenvalue weighted by molar-refractivity contribution is 7.19. The highest BCUT2D eigenvalue weighted by atomic mass is 32.1. The Kier molecular flexibility index (Phi) is 6.83. The van der Waals surface area contributed by atoms with Crippen LogP contribution >= 0.6 is 11.3 Å². The smallest absolute Gasteiger partial charge is 0.248 e. The molecule has 0 spiro atoms. The molecule has 0 saturated heterocycles. The molecule has 1 aromatic heterocycles. The number of hydrogen-bond donors (Lipinski definition) is 2. The molecule has 0 saturated carbocycles. The Labute approximate surface area is 175 Å². The Morgan fingerprint density at radius 2 is 1.70 bits per heavy atom. The van der Waals surface area contributed by atoms with E-state index in [1.807, 2.05) is 0 Å². The third kappa shape index (κ3) is 5.66. The van der Waals surface area contributed by atoms with Gasteiger partial charge in [-0.3, -0.25) is 9.59 Å². The lowest BCUT2D eigenvalue weighted by Crippen LogP contribution is -2.44. The summed E-state index contributed by atoms with van der Waals surface area (Å²) in [5.74, 6) is -2.89. The van der Waals surface area contributed by atoms with Crippen LogP contribution in [0.4, 0.5) is 18.3 Å². The molecular weight excluding hydrogens is 415 g/mol. The van der Waals surface area contributed by atoms with Gasteiger partial charge in [0.05, 0.1) is 11.3 Å². The van der Waals surface area contributed by atoms with Gasteiger partial charge in [-0.2, -0.15) is 0 Å². The first-order valence-corrected chi connectivity index (χ1v) is 9.92. The molecule has 3 aromatic rings. The van der Waals surface area contributed by atoms with Crippen LogP contribution in [-0.4, -0.2) is 22.8 Å². The molecule has 0 fully saturated rings. The number of benzene rings is 2. The van der Waals surface area contributed by atoms with Crippen molar-refractivity contribution in [1.82, 2.24) is 10.3 Å². The zero-order chi connectivity index (χ0) is 21.7. The highest BCUT2D eigenvalue weighted by Gasteiger charge is 2.20. The standard InChI is InChI=1S/C21H18F3N3O2S/c1-2-17(26-19(28)9-12-7-15(23)10-16(24)8-12)20(29)27-21-25-11-18(30-21)13-3-5-14(22)6-4-13/h3-8,10-11,17H,2,9H2,1H3,(H,26,28)(H,25,27,29). The average Bonchev–Trinajstić information content (AvgIpc) is 3.14. The number of carbonyl (C=O) groups excluding carboxylic acids is 2. The third-order valence-electron chi connectivity index (χ3n) is 4.21. The highest BCUT2D eigenvalue weighted by Crippen LogP contribution is 2.29. The topological polar surface area (TPSA) is 71.1 Å². The van der Waals surface area contributed by atoms with Crippen LogP contribution in [0.3, 0.4) is 0 Å². The van der Waals surface area contributed by atoms with E-state index in [4.69, 9.17) is 0 Å². The molecule has 3 rings (SSSR count). The van der Waals surface area contributed by atoms with Crippen LogP contribution in [0.25, 0.3) is 10.4 Å². The molecule has 5 nitrogen and oxygen atoms in total. The second kappa shape index (κ2) is 9.53. The fourth-order valence-electron chi connectivity index (χ4n) is 2.77. The molecule has 2 aromatic carbocycles. The number of carbonyl (C=O) groups is 2. The van der Waals surface area contributed by atoms with Gasteiger partial charge in [-0.1, -0.05) is 30.4 Å². The van der Waals surface area contributed by atoms with Gasteiger partial charge in [-0.05, 0) is 41.8 Å². The molecule has 0 aliphatic rings. The first-order valence-electron chi connectivity index (χ1n) is 9.11. The summed E-state index contributed by atoms with van der Waals surface area (Å²) >= 11 is 1.21. The van der Waals surface area contributed by atoms with Crippen molar-refractivity contribution < 1.29 is 22.8 Å². The maximum absolute atomic E-state index is 13.3. The first kappa shape index (κ1) is 21.5. The summed E-state index contributed by atoms with van der Waals surface area (Å²) in [5.41, 5.74) is 0.932. The summed E-state index contributed by atoms with van der Waals surface area (Å²) in [6.07, 6.45) is 1.61. The SMILES string of the molecule is CCC(NC(=O)Cc1cc(F)cc(F)c1)C(=O)Nc1ncc(-c2ccc(F)cc2)s1. The van der Waals surface area contributed by atoms with E-state index in [2.05, 4.69) is 15.6 Å². The van der Waals surface area contributed by atoms with Crippen LogP contribution in [0.15, 0.2) is 48.7 Å². The third-order valence-corrected chi connectivity index (χ3v) is 5.17. The van der Waals surface area contributed by atoms with Crippen molar-refractivity contribution in [2.24, 2.45) is 0 Å². The zero-order valence-electron chi connectivity index (χ0n) is 15.9. The summed E-state index contributed by atoms with van der Waals surface area (Å²) in [5, 5.41) is 5.53. The number of amides is 2. The number of nitrogens with zero attached hydrogens (tertiary/aromatic N) is 1. The van der Waals surface area contributed by atoms with Crippen molar-refractivity contribution in [3.63, 3.8) is 0 Å². The van der Waals surface area contributed by atoms with Gasteiger partial charge in [-0.25, -0.2) is 18.2 Å². The Hall–Kier alpha value is -3.20. The van der Waals surface area contributed by atoms with Gasteiger partial charge in [0.2, 0.25) is 11.8 Å². The van der Waals surface area contributed by atoms with Gasteiger partial charge in [-0.15, -0.1) is 0 Å². The molecule has 0 radical (unpaired) electrons. The Balaban J connectivity index is 1.60. The number of aromatic nitrogens is 1. The molecule has 2 N–H and O–H groups in total. The summed E-state index contributed by atoms with van der Waals surface area (Å²) < 4.78 is 39.6. The van der Waals surface area contributed by atoms with Crippen molar-refractivity contribution in [2.45, 2.75) is 25.8 Å². The molecule has 1 atom stereocenters. The summed E-state index contributed by atoms with van der Waals surface area (Å²) in [6.45, 7) is 1.72. The molecule has 1 unspecified atom stereocenters. The largest absolute Gasteiger partial charge is 0.344 e. The van der Waals surface area contributed by atoms with E-state index in [9.17, 15) is 22.8 Å². The monoisotopic (exact) mass is 433 g/mol. The second-order valence-electron chi connectivity index (χ2n) is 6.51. The molecule has 2 amide bonds. The lowest BCUT2D eigenvalue weighted by Gasteiger charge is -2.16. The number of halogens is 3. The predicted octanol–water partition coefficient (Wildman–Crippen LogP) is 4.30. The fraction of sp³-hybridized carbons (Fsp3) is 0.190. The van der Waals surface area contributed by atoms with Crippen molar-refractivity contribution in [3.8, 4) is 10.4 Å². The minimum Gasteiger partial charge on any atom is -0.344 e. The van der Waals surface area contributed by atoms with E-state index in [1.165, 1.54) is 23.5 Å². The molecule has 156 valence electrons. The van der Waals surface area contributed by atoms with E-state index in [0.29, 0.717) is 11.6 Å². The lowest BCUT2D eigenvalue weighted by molar-refractivity contribution is -0.126. The van der Waals surface area contributed by atoms with Crippen LogP contribution in [-0.2, 0) is 16.0 Å². The maximum Gasteiger partial charge on any atom is 0.248 e. The quantitative estimate of drug-likeness (QED) is 0.584. The zero-order valence-corrected chi connectivity index (χ0v) is 16.7. The van der Waals surface area contributed by atoms with Gasteiger partial charge in [0.15, 0.2) is 5.13 Å². The van der Waals surface area contributed by atoms with Crippen molar-refractivity contribution in [3.05, 3.63) is 71.7 Å². The van der Waals surface area contributed by atoms with E-state index in [-0.39, 0.29) is 17.8 Å². The molecule has 0 aliphatic carbocycles. The van der Waals surface area contributed by atoms with Gasteiger partial charge in [0.25, 0.3) is 0 Å². The number of thiazole rings is 1. The number of anilines is 1. The number of nitrogens with one attached hydrogen (secondary N) is 2. The Bertz CT molecular complexity index is 1030. The molecular formula is C21H18F3N3O2S. The van der Waals surface area contributed by atoms with Crippen LogP contribution in [0, 0.1) is 17.5 Å². The normalized spacial score (nSPS) is 11.7. The minimum atomic E-state index is -0.839. The van der Waals surface area contributed by atoms with Crippen molar-refractivity contribution in [1.29, 1.82) is 0 Å². The molecule has 0 aliphatic heterocycles. The van der Waals surface area contributed by atoms with Gasteiger partial charge < -0.3 is 10.6 Å². The van der Waals surface area contributed by atoms with E-state index < -0.39 is 29.5 Å². The molecule has 0 bridgehead atoms. The number of hydrogen-bond acceptors (Lipinski definition) is 4. The van der Waals surface area contributed by atoms with Crippen molar-refractivity contribution >= 4 is 28.3 Å². The van der Waals surface area contributed by atoms with Crippen LogP contribution < -0.4 is 10.6 Å². The second-order valence-corrected chi connectivity index (χ2v) is 7.54. The molecule has 1 heterocycles. The molecule has 9 heteroatoms. The van der Waals surface area contributed by atoms with Gasteiger partial charge >= 0.3 is 0 Å². The van der Waals surface area contributed by atoms with Crippen LogP contribution in [0.1, 0.15) is 18.9 Å². The summed E-state index contributed by atoms with van der Waals surface area (Å²) in [6, 6.07) is 7.90. The van der Waals surface area contributed by atoms with E-state index in [0.717, 1.165) is 28.6 Å². The van der Waals surface area contributed by atoms with E-state index in [1.54, 1.807) is 25.3 Å². The average molecular weight is 433 g/mol. The van der Waals surface area contributed by atoms with Gasteiger partial charge in [0.1, 0.15) is 23.5 Å². The summed E-state index contributed by atoms with van der Waals surface area (Å²) in [7, 11) is 0. The lowest BCUT2D eigenvalue weighted by atomic mass is 10.1. The molecule has 30 heavy (non-hydrogen) atoms. The Morgan fingerprint density at radius 1 is 1.03 bits per heavy atom. The minimum absolute atomic E-state index is 0.170. The Morgan fingerprint density at radius 3 is 2.33 bits per heavy atom. The first-order chi connectivity index (χ1) is 14.3. The number of rotatable bonds is 7. The van der Waals surface area contributed by atoms with Crippen molar-refractivity contribution in [2.75, 3.05) is 5.32 Å². The fourth-order valence-corrected chi connectivity index (χ4v) is 3.59. The van der Waals surface area contributed by atoms with E-state index >= 15 is 0 Å². The van der Waals surface area contributed by atoms with Gasteiger partial charge in [0, 0.05) is 12.3 Å². The predicted molar refractivity (Wildman–Crippen MR) is 108 cm³/mol. The summed E-state index contributed by atoms with van der Waals surface area (Å²) in [4.78, 5) is 29.6. The maximum atomic E-state index is 13.3. The van der Waals surface area contributed by atoms with Crippen LogP contribution in [0.5, 0.6) is 0 Å².